The molecule has 0 aliphatic rings. The minimum absolute atomic E-state index is 0.0396. The normalized spacial score (nSPS) is 11.5. The van der Waals surface area contributed by atoms with Crippen LogP contribution in [-0.2, 0) is 25.0 Å². The zero-order chi connectivity index (χ0) is 32.5. The van der Waals surface area contributed by atoms with E-state index in [1.807, 2.05) is 48.5 Å². The third-order valence-corrected chi connectivity index (χ3v) is 7.63. The largest absolute Gasteiger partial charge is 0.513 e. The summed E-state index contributed by atoms with van der Waals surface area (Å²) in [4.78, 5) is 24.1. The molecule has 9 heteroatoms. The summed E-state index contributed by atoms with van der Waals surface area (Å²) in [5.41, 5.74) is 3.46. The highest BCUT2D eigenvalue weighted by atomic mass is 16.7. The fraction of sp³-hybridized carbons (Fsp3) is 0.278. The third kappa shape index (κ3) is 9.00. The first-order valence-corrected chi connectivity index (χ1v) is 14.5. The highest BCUT2D eigenvalue weighted by molar-refractivity contribution is 5.64. The predicted molar refractivity (Wildman–Crippen MR) is 168 cm³/mol. The minimum atomic E-state index is -0.860. The van der Waals surface area contributed by atoms with Gasteiger partial charge in [-0.1, -0.05) is 76.2 Å². The summed E-state index contributed by atoms with van der Waals surface area (Å²) >= 11 is 0. The lowest BCUT2D eigenvalue weighted by Crippen LogP contribution is -2.19. The lowest BCUT2D eigenvalue weighted by atomic mass is 9.78. The molecule has 0 aromatic heterocycles. The van der Waals surface area contributed by atoms with Crippen molar-refractivity contribution in [3.8, 4) is 23.0 Å². The second-order valence-electron chi connectivity index (χ2n) is 11.4. The number of benzene rings is 4. The van der Waals surface area contributed by atoms with Crippen LogP contribution < -0.4 is 9.47 Å². The van der Waals surface area contributed by atoms with Crippen molar-refractivity contribution < 1.29 is 43.5 Å². The van der Waals surface area contributed by atoms with E-state index in [0.29, 0.717) is 11.5 Å². The van der Waals surface area contributed by atoms with Crippen LogP contribution in [0.1, 0.15) is 49.9 Å². The number of hydrogen-bond acceptors (Lipinski definition) is 9. The monoisotopic (exact) mass is 614 g/mol. The lowest BCUT2D eigenvalue weighted by Gasteiger charge is -2.26. The Hall–Kier alpha value is -5.02. The molecule has 0 heterocycles. The summed E-state index contributed by atoms with van der Waals surface area (Å²) in [6.07, 6.45) is -1.72. The Kier molecular flexibility index (Phi) is 10.7. The summed E-state index contributed by atoms with van der Waals surface area (Å²) < 4.78 is 25.9. The van der Waals surface area contributed by atoms with Crippen LogP contribution in [0, 0.1) is 0 Å². The van der Waals surface area contributed by atoms with Gasteiger partial charge in [0.1, 0.15) is 36.2 Å². The Bertz CT molecular complexity index is 1420. The average molecular weight is 615 g/mol. The van der Waals surface area contributed by atoms with Crippen molar-refractivity contribution in [2.75, 3.05) is 26.4 Å². The molecule has 0 radical (unpaired) electrons. The van der Waals surface area contributed by atoms with Crippen molar-refractivity contribution in [2.24, 2.45) is 0 Å². The van der Waals surface area contributed by atoms with E-state index in [2.05, 4.69) is 27.7 Å². The maximum absolute atomic E-state index is 12.0. The molecule has 0 unspecified atom stereocenters. The van der Waals surface area contributed by atoms with Gasteiger partial charge in [0.2, 0.25) is 0 Å². The molecule has 0 atom stereocenters. The van der Waals surface area contributed by atoms with E-state index < -0.39 is 12.3 Å². The molecular formula is C36H38O9. The first-order valence-electron chi connectivity index (χ1n) is 14.5. The van der Waals surface area contributed by atoms with Gasteiger partial charge in [-0.15, -0.1) is 0 Å². The van der Waals surface area contributed by atoms with Gasteiger partial charge in [0.15, 0.2) is 0 Å². The van der Waals surface area contributed by atoms with Crippen molar-refractivity contribution >= 4 is 12.3 Å². The Morgan fingerprint density at radius 1 is 0.489 bits per heavy atom. The summed E-state index contributed by atoms with van der Waals surface area (Å²) in [5.74, 6) is 1.10. The molecule has 9 nitrogen and oxygen atoms in total. The van der Waals surface area contributed by atoms with E-state index in [4.69, 9.17) is 23.7 Å². The molecule has 0 spiro atoms. The summed E-state index contributed by atoms with van der Waals surface area (Å²) in [5, 5.41) is 19.1. The van der Waals surface area contributed by atoms with Gasteiger partial charge in [-0.05, 0) is 70.8 Å². The number of carbonyl (C=O) groups excluding carboxylic acids is 2. The molecule has 0 amide bonds. The molecule has 4 rings (SSSR count). The molecule has 2 N–H and O–H groups in total. The Labute approximate surface area is 262 Å². The molecule has 0 fully saturated rings. The second kappa shape index (κ2) is 14.6. The summed E-state index contributed by atoms with van der Waals surface area (Å²) in [6.45, 7) is 8.37. The molecular weight excluding hydrogens is 576 g/mol. The molecule has 4 aromatic rings. The van der Waals surface area contributed by atoms with Crippen molar-refractivity contribution in [1.29, 1.82) is 0 Å². The van der Waals surface area contributed by atoms with Crippen LogP contribution in [0.2, 0.25) is 0 Å². The number of ether oxygens (including phenoxy) is 5. The van der Waals surface area contributed by atoms with Gasteiger partial charge < -0.3 is 33.9 Å². The van der Waals surface area contributed by atoms with Crippen LogP contribution in [0.25, 0.3) is 0 Å². The van der Waals surface area contributed by atoms with Crippen molar-refractivity contribution in [3.05, 3.63) is 119 Å². The maximum atomic E-state index is 12.0. The predicted octanol–water partition coefficient (Wildman–Crippen LogP) is 7.50. The second-order valence-corrected chi connectivity index (χ2v) is 11.4. The van der Waals surface area contributed by atoms with E-state index in [9.17, 15) is 19.8 Å². The first-order chi connectivity index (χ1) is 21.4. The molecule has 4 aromatic carbocycles. The van der Waals surface area contributed by atoms with E-state index in [0.717, 1.165) is 22.3 Å². The SMILES string of the molecule is CC(C)(c1ccc(O)cc1)c1ccc(OC(=O)OCCOCCOC(=O)Oc2ccc(C(C)(C)c3ccc(O)cc3)cc2)cc1. The molecule has 0 aliphatic carbocycles. The first kappa shape index (κ1) is 32.9. The Morgan fingerprint density at radius 3 is 1.09 bits per heavy atom. The van der Waals surface area contributed by atoms with Crippen molar-refractivity contribution in [2.45, 2.75) is 38.5 Å². The van der Waals surface area contributed by atoms with Crippen LogP contribution in [0.3, 0.4) is 0 Å². The molecule has 0 aliphatic heterocycles. The Morgan fingerprint density at radius 2 is 0.778 bits per heavy atom. The number of rotatable bonds is 12. The highest BCUT2D eigenvalue weighted by Crippen LogP contribution is 2.34. The van der Waals surface area contributed by atoms with Gasteiger partial charge >= 0.3 is 12.3 Å². The fourth-order valence-electron chi connectivity index (χ4n) is 4.69. The number of aromatic hydroxyl groups is 2. The molecule has 0 bridgehead atoms. The molecule has 0 saturated heterocycles. The summed E-state index contributed by atoms with van der Waals surface area (Å²) in [6, 6.07) is 28.4. The van der Waals surface area contributed by atoms with Crippen molar-refractivity contribution in [1.82, 2.24) is 0 Å². The lowest BCUT2D eigenvalue weighted by molar-refractivity contribution is 0.0267. The van der Waals surface area contributed by atoms with Crippen LogP contribution in [0.5, 0.6) is 23.0 Å². The van der Waals surface area contributed by atoms with Crippen molar-refractivity contribution in [3.63, 3.8) is 0 Å². The van der Waals surface area contributed by atoms with E-state index >= 15 is 0 Å². The van der Waals surface area contributed by atoms with Gasteiger partial charge in [0.05, 0.1) is 13.2 Å². The quantitative estimate of drug-likeness (QED) is 0.0949. The topological polar surface area (TPSA) is 121 Å². The van der Waals surface area contributed by atoms with Crippen LogP contribution in [-0.4, -0.2) is 49.0 Å². The van der Waals surface area contributed by atoms with Gasteiger partial charge in [-0.3, -0.25) is 0 Å². The number of carbonyl (C=O) groups is 2. The molecule has 45 heavy (non-hydrogen) atoms. The third-order valence-electron chi connectivity index (χ3n) is 7.63. The van der Waals surface area contributed by atoms with Crippen LogP contribution in [0.15, 0.2) is 97.1 Å². The smallest absolute Gasteiger partial charge is 0.508 e. The van der Waals surface area contributed by atoms with Crippen LogP contribution >= 0.6 is 0 Å². The van der Waals surface area contributed by atoms with Gasteiger partial charge in [0, 0.05) is 10.8 Å². The molecule has 236 valence electrons. The fourth-order valence-corrected chi connectivity index (χ4v) is 4.69. The van der Waals surface area contributed by atoms with E-state index in [-0.39, 0.29) is 48.8 Å². The minimum Gasteiger partial charge on any atom is -0.508 e. The van der Waals surface area contributed by atoms with E-state index in [1.54, 1.807) is 48.5 Å². The Balaban J connectivity index is 1.10. The number of hydrogen-bond donors (Lipinski definition) is 2. The zero-order valence-corrected chi connectivity index (χ0v) is 25.8. The average Bonchev–Trinajstić information content (AvgIpc) is 3.01. The highest BCUT2D eigenvalue weighted by Gasteiger charge is 2.24. The van der Waals surface area contributed by atoms with Gasteiger partial charge in [-0.2, -0.15) is 0 Å². The zero-order valence-electron chi connectivity index (χ0n) is 25.8. The number of phenols is 2. The van der Waals surface area contributed by atoms with E-state index in [1.165, 1.54) is 0 Å². The van der Waals surface area contributed by atoms with Gasteiger partial charge in [0.25, 0.3) is 0 Å². The maximum Gasteiger partial charge on any atom is 0.513 e. The standard InChI is InChI=1S/C36H38O9/c1-35(2,25-5-13-29(37)14-6-25)27-9-17-31(18-10-27)44-33(39)42-23-21-41-22-24-43-34(40)45-32-19-11-28(12-20-32)36(3,4)26-7-15-30(38)16-8-26/h5-20,37-38H,21-24H2,1-4H3. The molecule has 0 saturated carbocycles. The number of phenolic OH excluding ortho intramolecular Hbond substituents is 2. The summed E-state index contributed by atoms with van der Waals surface area (Å²) in [7, 11) is 0. The van der Waals surface area contributed by atoms with Crippen LogP contribution in [0.4, 0.5) is 9.59 Å². The van der Waals surface area contributed by atoms with Gasteiger partial charge in [-0.25, -0.2) is 9.59 Å².